The summed E-state index contributed by atoms with van der Waals surface area (Å²) in [5.74, 6) is 1.25. The van der Waals surface area contributed by atoms with Crippen LogP contribution in [0, 0.1) is 12.7 Å². The van der Waals surface area contributed by atoms with Gasteiger partial charge in [-0.05, 0) is 67.3 Å². The van der Waals surface area contributed by atoms with Crippen LogP contribution in [-0.2, 0) is 6.42 Å². The van der Waals surface area contributed by atoms with E-state index in [0.717, 1.165) is 29.5 Å². The van der Waals surface area contributed by atoms with Crippen molar-refractivity contribution in [1.82, 2.24) is 0 Å². The van der Waals surface area contributed by atoms with Gasteiger partial charge in [0.25, 0.3) is 0 Å². The first-order valence-electron chi connectivity index (χ1n) is 7.73. The van der Waals surface area contributed by atoms with Crippen LogP contribution < -0.4 is 4.74 Å². The molecule has 116 valence electrons. The zero-order chi connectivity index (χ0) is 16.1. The van der Waals surface area contributed by atoms with E-state index in [9.17, 15) is 9.18 Å². The molecule has 3 heteroatoms. The lowest BCUT2D eigenvalue weighted by molar-refractivity contribution is 0.0972. The molecular formula is C19H21FO2. The highest BCUT2D eigenvalue weighted by Crippen LogP contribution is 2.30. The largest absolute Gasteiger partial charge is 0.457 e. The molecule has 0 bridgehead atoms. The van der Waals surface area contributed by atoms with Crippen LogP contribution in [0.2, 0.25) is 0 Å². The number of rotatable bonds is 2. The van der Waals surface area contributed by atoms with Crippen molar-refractivity contribution in [2.75, 3.05) is 0 Å². The van der Waals surface area contributed by atoms with Crippen molar-refractivity contribution >= 4 is 5.78 Å². The van der Waals surface area contributed by atoms with E-state index >= 15 is 0 Å². The Hall–Kier alpha value is -2.16. The third-order valence-electron chi connectivity index (χ3n) is 3.59. The van der Waals surface area contributed by atoms with Gasteiger partial charge in [0.1, 0.15) is 17.3 Å². The number of ether oxygens (including phenoxy) is 1. The summed E-state index contributed by atoms with van der Waals surface area (Å²) in [6.07, 6.45) is 2.43. The van der Waals surface area contributed by atoms with Crippen molar-refractivity contribution in [2.45, 2.75) is 40.0 Å². The third-order valence-corrected chi connectivity index (χ3v) is 3.59. The number of ketones is 1. The van der Waals surface area contributed by atoms with Crippen LogP contribution >= 0.6 is 0 Å². The predicted molar refractivity (Wildman–Crippen MR) is 86.3 cm³/mol. The summed E-state index contributed by atoms with van der Waals surface area (Å²) < 4.78 is 18.8. The zero-order valence-corrected chi connectivity index (χ0v) is 13.3. The molecule has 2 aromatic carbocycles. The molecule has 0 saturated carbocycles. The maximum atomic E-state index is 13.1. The van der Waals surface area contributed by atoms with Crippen molar-refractivity contribution in [3.63, 3.8) is 0 Å². The molecule has 0 N–H and O–H groups in total. The maximum Gasteiger partial charge on any atom is 0.163 e. The quantitative estimate of drug-likeness (QED) is 0.735. The highest BCUT2D eigenvalue weighted by atomic mass is 19.1. The number of carbonyl (C=O) groups excluding carboxylic acids is 1. The van der Waals surface area contributed by atoms with Crippen LogP contribution in [0.1, 0.15) is 48.2 Å². The molecule has 0 amide bonds. The lowest BCUT2D eigenvalue weighted by Crippen LogP contribution is -2.10. The number of Topliss-reactive ketones (excluding diaryl/α,β-unsaturated/α-hetero) is 1. The minimum Gasteiger partial charge on any atom is -0.457 e. The van der Waals surface area contributed by atoms with E-state index in [2.05, 4.69) is 0 Å². The highest BCUT2D eigenvalue weighted by molar-refractivity contribution is 5.98. The van der Waals surface area contributed by atoms with Crippen LogP contribution in [-0.4, -0.2) is 5.78 Å². The molecule has 1 aliphatic carbocycles. The molecule has 0 radical (unpaired) electrons. The number of carbonyl (C=O) groups is 1. The van der Waals surface area contributed by atoms with Gasteiger partial charge in [-0.25, -0.2) is 4.39 Å². The molecule has 0 fully saturated rings. The summed E-state index contributed by atoms with van der Waals surface area (Å²) in [5, 5.41) is 0. The van der Waals surface area contributed by atoms with Crippen molar-refractivity contribution in [3.8, 4) is 11.5 Å². The monoisotopic (exact) mass is 300 g/mol. The molecule has 0 saturated heterocycles. The molecule has 3 rings (SSSR count). The standard InChI is InChI=1S/C17H15FO2.C2H6/c1-11-9-13(18)5-8-17(11)20-14-6-7-15-12(10-14)3-2-4-16(15)19;1-2/h5-10H,2-4H2,1H3;1-2H3. The van der Waals surface area contributed by atoms with Gasteiger partial charge < -0.3 is 4.74 Å². The second kappa shape index (κ2) is 7.21. The van der Waals surface area contributed by atoms with E-state index in [4.69, 9.17) is 4.74 Å². The smallest absolute Gasteiger partial charge is 0.163 e. The van der Waals surface area contributed by atoms with E-state index in [1.165, 1.54) is 12.1 Å². The fourth-order valence-corrected chi connectivity index (χ4v) is 2.54. The van der Waals surface area contributed by atoms with Crippen LogP contribution in [0.15, 0.2) is 36.4 Å². The second-order valence-electron chi connectivity index (χ2n) is 5.11. The molecule has 0 unspecified atom stereocenters. The van der Waals surface area contributed by atoms with Crippen molar-refractivity contribution in [3.05, 3.63) is 58.9 Å². The Morgan fingerprint density at radius 3 is 2.55 bits per heavy atom. The number of halogens is 1. The van der Waals surface area contributed by atoms with Crippen LogP contribution in [0.5, 0.6) is 11.5 Å². The maximum absolute atomic E-state index is 13.1. The van der Waals surface area contributed by atoms with Crippen LogP contribution in [0.3, 0.4) is 0 Å². The Bertz CT molecular complexity index is 677. The average molecular weight is 300 g/mol. The molecule has 0 spiro atoms. The normalized spacial score (nSPS) is 13.0. The summed E-state index contributed by atoms with van der Waals surface area (Å²) in [7, 11) is 0. The summed E-state index contributed by atoms with van der Waals surface area (Å²) in [4.78, 5) is 11.8. The predicted octanol–water partition coefficient (Wildman–Crippen LogP) is 5.47. The highest BCUT2D eigenvalue weighted by Gasteiger charge is 2.17. The van der Waals surface area contributed by atoms with Gasteiger partial charge in [0.2, 0.25) is 0 Å². The van der Waals surface area contributed by atoms with Crippen molar-refractivity contribution in [2.24, 2.45) is 0 Å². The van der Waals surface area contributed by atoms with Gasteiger partial charge in [-0.3, -0.25) is 4.79 Å². The van der Waals surface area contributed by atoms with Gasteiger partial charge in [0, 0.05) is 12.0 Å². The van der Waals surface area contributed by atoms with Gasteiger partial charge in [0.05, 0.1) is 0 Å². The van der Waals surface area contributed by atoms with E-state index < -0.39 is 0 Å². The molecule has 0 atom stereocenters. The Balaban J connectivity index is 0.000000847. The van der Waals surface area contributed by atoms with E-state index in [0.29, 0.717) is 17.9 Å². The first kappa shape index (κ1) is 16.2. The molecule has 0 aromatic heterocycles. The van der Waals surface area contributed by atoms with Crippen molar-refractivity contribution < 1.29 is 13.9 Å². The van der Waals surface area contributed by atoms with Gasteiger partial charge in [-0.15, -0.1) is 0 Å². The zero-order valence-electron chi connectivity index (χ0n) is 13.3. The lowest BCUT2D eigenvalue weighted by atomic mass is 9.90. The molecule has 0 heterocycles. The molecule has 2 aromatic rings. The number of aryl methyl sites for hydroxylation is 2. The molecule has 2 nitrogen and oxygen atoms in total. The van der Waals surface area contributed by atoms with Crippen molar-refractivity contribution in [1.29, 1.82) is 0 Å². The Morgan fingerprint density at radius 2 is 1.82 bits per heavy atom. The van der Waals surface area contributed by atoms with Gasteiger partial charge in [-0.2, -0.15) is 0 Å². The van der Waals surface area contributed by atoms with E-state index in [1.807, 2.05) is 26.0 Å². The minimum atomic E-state index is -0.272. The number of fused-ring (bicyclic) bond motifs is 1. The first-order valence-corrected chi connectivity index (χ1v) is 7.73. The van der Waals surface area contributed by atoms with Crippen LogP contribution in [0.4, 0.5) is 4.39 Å². The Morgan fingerprint density at radius 1 is 1.05 bits per heavy atom. The summed E-state index contributed by atoms with van der Waals surface area (Å²) in [6, 6.07) is 9.97. The summed E-state index contributed by atoms with van der Waals surface area (Å²) >= 11 is 0. The fourth-order valence-electron chi connectivity index (χ4n) is 2.54. The van der Waals surface area contributed by atoms with E-state index in [1.54, 1.807) is 19.1 Å². The topological polar surface area (TPSA) is 26.3 Å². The Labute approximate surface area is 130 Å². The Kier molecular flexibility index (Phi) is 5.31. The fraction of sp³-hybridized carbons (Fsp3) is 0.316. The average Bonchev–Trinajstić information content (AvgIpc) is 2.52. The molecule has 22 heavy (non-hydrogen) atoms. The molecule has 1 aliphatic rings. The SMILES string of the molecule is CC.Cc1cc(F)ccc1Oc1ccc2c(c1)CCCC2=O. The van der Waals surface area contributed by atoms with Gasteiger partial charge in [0.15, 0.2) is 5.78 Å². The van der Waals surface area contributed by atoms with Gasteiger partial charge in [-0.1, -0.05) is 13.8 Å². The molecular weight excluding hydrogens is 279 g/mol. The third kappa shape index (κ3) is 3.53. The minimum absolute atomic E-state index is 0.204. The number of hydrogen-bond acceptors (Lipinski definition) is 2. The lowest BCUT2D eigenvalue weighted by Gasteiger charge is -2.16. The number of hydrogen-bond donors (Lipinski definition) is 0. The summed E-state index contributed by atoms with van der Waals surface area (Å²) in [6.45, 7) is 5.81. The molecule has 0 aliphatic heterocycles. The van der Waals surface area contributed by atoms with Gasteiger partial charge >= 0.3 is 0 Å². The summed E-state index contributed by atoms with van der Waals surface area (Å²) in [5.41, 5.74) is 2.59. The second-order valence-corrected chi connectivity index (χ2v) is 5.11. The van der Waals surface area contributed by atoms with E-state index in [-0.39, 0.29) is 11.6 Å². The van der Waals surface area contributed by atoms with Crippen LogP contribution in [0.25, 0.3) is 0 Å². The first-order chi connectivity index (χ1) is 10.6. The number of benzene rings is 2.